The van der Waals surface area contributed by atoms with E-state index >= 15 is 0 Å². The van der Waals surface area contributed by atoms with Crippen LogP contribution in [0.3, 0.4) is 0 Å². The summed E-state index contributed by atoms with van der Waals surface area (Å²) in [5, 5.41) is 9.81. The second-order valence-electron chi connectivity index (χ2n) is 7.32. The first-order chi connectivity index (χ1) is 15.0. The van der Waals surface area contributed by atoms with E-state index < -0.39 is 10.0 Å². The van der Waals surface area contributed by atoms with E-state index in [9.17, 15) is 8.42 Å². The topological polar surface area (TPSA) is 84.4 Å². The molecule has 1 fully saturated rings. The molecule has 0 saturated carbocycles. The number of ether oxygens (including phenoxy) is 1. The molecule has 31 heavy (non-hydrogen) atoms. The summed E-state index contributed by atoms with van der Waals surface area (Å²) >= 11 is 0. The minimum atomic E-state index is -3.65. The SMILES string of the molecule is Cc1ccc(/C=C/S(=O)(=O)Nc2cccc(-c3ccc(N4CCOCC4)nn3)c2)cc1. The molecule has 0 bridgehead atoms. The molecular formula is C23H24N4O3S. The van der Waals surface area contributed by atoms with Crippen molar-refractivity contribution in [3.8, 4) is 11.3 Å². The maximum Gasteiger partial charge on any atom is 0.255 e. The van der Waals surface area contributed by atoms with Crippen molar-refractivity contribution >= 4 is 27.6 Å². The first kappa shape index (κ1) is 21.0. The molecule has 0 amide bonds. The van der Waals surface area contributed by atoms with E-state index in [4.69, 9.17) is 4.74 Å². The Balaban J connectivity index is 1.47. The summed E-state index contributed by atoms with van der Waals surface area (Å²) in [7, 11) is -3.65. The fourth-order valence-electron chi connectivity index (χ4n) is 3.23. The Bertz CT molecular complexity index is 1150. The van der Waals surface area contributed by atoms with Gasteiger partial charge in [-0.3, -0.25) is 4.72 Å². The van der Waals surface area contributed by atoms with Crippen molar-refractivity contribution in [3.63, 3.8) is 0 Å². The number of morpholine rings is 1. The summed E-state index contributed by atoms with van der Waals surface area (Å²) in [6, 6.07) is 18.6. The number of aromatic nitrogens is 2. The quantitative estimate of drug-likeness (QED) is 0.634. The molecule has 1 saturated heterocycles. The molecule has 3 aromatic rings. The van der Waals surface area contributed by atoms with Crippen LogP contribution in [0.15, 0.2) is 66.1 Å². The van der Waals surface area contributed by atoms with Crippen LogP contribution in [0.1, 0.15) is 11.1 Å². The van der Waals surface area contributed by atoms with Crippen LogP contribution in [-0.4, -0.2) is 44.9 Å². The number of nitrogens with zero attached hydrogens (tertiary/aromatic N) is 3. The van der Waals surface area contributed by atoms with Crippen molar-refractivity contribution in [1.82, 2.24) is 10.2 Å². The molecule has 0 aliphatic carbocycles. The summed E-state index contributed by atoms with van der Waals surface area (Å²) in [6.45, 7) is 4.94. The van der Waals surface area contributed by atoms with Gasteiger partial charge in [-0.05, 0) is 42.8 Å². The van der Waals surface area contributed by atoms with Gasteiger partial charge in [0, 0.05) is 24.3 Å². The lowest BCUT2D eigenvalue weighted by Crippen LogP contribution is -2.36. The minimum Gasteiger partial charge on any atom is -0.378 e. The van der Waals surface area contributed by atoms with E-state index in [1.54, 1.807) is 24.3 Å². The number of aryl methyl sites for hydroxylation is 1. The van der Waals surface area contributed by atoms with Gasteiger partial charge in [-0.15, -0.1) is 10.2 Å². The molecule has 2 heterocycles. The molecule has 8 heteroatoms. The number of sulfonamides is 1. The van der Waals surface area contributed by atoms with E-state index in [1.807, 2.05) is 49.4 Å². The first-order valence-corrected chi connectivity index (χ1v) is 11.6. The number of benzene rings is 2. The lowest BCUT2D eigenvalue weighted by molar-refractivity contribution is 0.122. The maximum atomic E-state index is 12.5. The Kier molecular flexibility index (Phi) is 6.29. The van der Waals surface area contributed by atoms with Gasteiger partial charge in [0.2, 0.25) is 0 Å². The van der Waals surface area contributed by atoms with Crippen molar-refractivity contribution in [2.75, 3.05) is 35.9 Å². The van der Waals surface area contributed by atoms with Crippen LogP contribution in [0.4, 0.5) is 11.5 Å². The number of rotatable bonds is 6. The summed E-state index contributed by atoms with van der Waals surface area (Å²) in [5.41, 5.74) is 3.86. The summed E-state index contributed by atoms with van der Waals surface area (Å²) < 4.78 is 32.9. The summed E-state index contributed by atoms with van der Waals surface area (Å²) in [5.74, 6) is 0.810. The van der Waals surface area contributed by atoms with Gasteiger partial charge < -0.3 is 9.64 Å². The van der Waals surface area contributed by atoms with Crippen molar-refractivity contribution in [3.05, 3.63) is 77.2 Å². The smallest absolute Gasteiger partial charge is 0.255 e. The molecule has 0 radical (unpaired) electrons. The van der Waals surface area contributed by atoms with Gasteiger partial charge in [-0.2, -0.15) is 0 Å². The second-order valence-corrected chi connectivity index (χ2v) is 8.88. The van der Waals surface area contributed by atoms with Gasteiger partial charge in [0.25, 0.3) is 10.0 Å². The largest absolute Gasteiger partial charge is 0.378 e. The number of anilines is 2. The average Bonchev–Trinajstić information content (AvgIpc) is 2.79. The molecule has 4 rings (SSSR count). The monoisotopic (exact) mass is 436 g/mol. The average molecular weight is 437 g/mol. The molecule has 0 unspecified atom stereocenters. The van der Waals surface area contributed by atoms with E-state index in [1.165, 1.54) is 5.41 Å². The Morgan fingerprint density at radius 2 is 1.77 bits per heavy atom. The fraction of sp³-hybridized carbons (Fsp3) is 0.217. The third-order valence-corrected chi connectivity index (χ3v) is 5.94. The highest BCUT2D eigenvalue weighted by molar-refractivity contribution is 7.95. The normalized spacial score (nSPS) is 14.7. The van der Waals surface area contributed by atoms with Crippen LogP contribution in [-0.2, 0) is 14.8 Å². The summed E-state index contributed by atoms with van der Waals surface area (Å²) in [6.07, 6.45) is 1.57. The number of hydrogen-bond acceptors (Lipinski definition) is 6. The van der Waals surface area contributed by atoms with Gasteiger partial charge in [-0.1, -0.05) is 42.0 Å². The Labute approximate surface area is 182 Å². The molecule has 7 nitrogen and oxygen atoms in total. The Hall–Kier alpha value is -3.23. The van der Waals surface area contributed by atoms with Crippen LogP contribution in [0, 0.1) is 6.92 Å². The van der Waals surface area contributed by atoms with Crippen molar-refractivity contribution in [2.45, 2.75) is 6.92 Å². The molecular weight excluding hydrogens is 412 g/mol. The second kappa shape index (κ2) is 9.28. The van der Waals surface area contributed by atoms with Crippen LogP contribution in [0.25, 0.3) is 17.3 Å². The molecule has 160 valence electrons. The van der Waals surface area contributed by atoms with Gasteiger partial charge in [0.1, 0.15) is 0 Å². The van der Waals surface area contributed by atoms with Gasteiger partial charge in [0.05, 0.1) is 24.3 Å². The molecule has 1 aliphatic rings. The van der Waals surface area contributed by atoms with Gasteiger partial charge >= 0.3 is 0 Å². The van der Waals surface area contributed by atoms with E-state index in [2.05, 4.69) is 19.8 Å². The van der Waals surface area contributed by atoms with Crippen molar-refractivity contribution < 1.29 is 13.2 Å². The third kappa shape index (κ3) is 5.68. The van der Waals surface area contributed by atoms with E-state index in [0.29, 0.717) is 24.6 Å². The van der Waals surface area contributed by atoms with E-state index in [-0.39, 0.29) is 0 Å². The highest BCUT2D eigenvalue weighted by Crippen LogP contribution is 2.23. The Morgan fingerprint density at radius 1 is 1.00 bits per heavy atom. The van der Waals surface area contributed by atoms with Gasteiger partial charge in [-0.25, -0.2) is 8.42 Å². The first-order valence-electron chi connectivity index (χ1n) is 10.0. The van der Waals surface area contributed by atoms with Crippen LogP contribution in [0.2, 0.25) is 0 Å². The summed E-state index contributed by atoms with van der Waals surface area (Å²) in [4.78, 5) is 2.13. The minimum absolute atomic E-state index is 0.463. The fourth-order valence-corrected chi connectivity index (χ4v) is 4.09. The predicted octanol–water partition coefficient (Wildman–Crippen LogP) is 3.70. The third-order valence-electron chi connectivity index (χ3n) is 4.92. The molecule has 1 N–H and O–H groups in total. The van der Waals surface area contributed by atoms with E-state index in [0.717, 1.165) is 35.6 Å². The van der Waals surface area contributed by atoms with Crippen molar-refractivity contribution in [2.24, 2.45) is 0 Å². The zero-order valence-corrected chi connectivity index (χ0v) is 18.0. The van der Waals surface area contributed by atoms with Crippen LogP contribution >= 0.6 is 0 Å². The lowest BCUT2D eigenvalue weighted by atomic mass is 10.1. The van der Waals surface area contributed by atoms with Gasteiger partial charge in [0.15, 0.2) is 5.82 Å². The Morgan fingerprint density at radius 3 is 2.48 bits per heavy atom. The van der Waals surface area contributed by atoms with Crippen LogP contribution in [0.5, 0.6) is 0 Å². The predicted molar refractivity (Wildman–Crippen MR) is 123 cm³/mol. The molecule has 1 aliphatic heterocycles. The number of hydrogen-bond donors (Lipinski definition) is 1. The zero-order chi connectivity index (χ0) is 21.7. The highest BCUT2D eigenvalue weighted by Gasteiger charge is 2.13. The maximum absolute atomic E-state index is 12.5. The molecule has 2 aromatic carbocycles. The van der Waals surface area contributed by atoms with Crippen molar-refractivity contribution in [1.29, 1.82) is 0 Å². The highest BCUT2D eigenvalue weighted by atomic mass is 32.2. The zero-order valence-electron chi connectivity index (χ0n) is 17.2. The van der Waals surface area contributed by atoms with Crippen LogP contribution < -0.4 is 9.62 Å². The molecule has 0 atom stereocenters. The molecule has 1 aromatic heterocycles. The molecule has 0 spiro atoms. The number of nitrogens with one attached hydrogen (secondary N) is 1. The lowest BCUT2D eigenvalue weighted by Gasteiger charge is -2.27. The standard InChI is InChI=1S/C23H24N4O3S/c1-18-5-7-19(8-6-18)11-16-31(28,29)26-21-4-2-3-20(17-21)22-9-10-23(25-24-22)27-12-14-30-15-13-27/h2-11,16-17,26H,12-15H2,1H3/b16-11+.